The van der Waals surface area contributed by atoms with Crippen molar-refractivity contribution in [3.8, 4) is 0 Å². The Morgan fingerprint density at radius 2 is 2.04 bits per heavy atom. The smallest absolute Gasteiger partial charge is 0.410 e. The second kappa shape index (κ2) is 7.32. The van der Waals surface area contributed by atoms with E-state index in [2.05, 4.69) is 12.1 Å². The van der Waals surface area contributed by atoms with Crippen LogP contribution >= 0.6 is 0 Å². The molecule has 6 nitrogen and oxygen atoms in total. The maximum absolute atomic E-state index is 12.5. The zero-order valence-corrected chi connectivity index (χ0v) is 15.2. The molecule has 0 radical (unpaired) electrons. The van der Waals surface area contributed by atoms with E-state index >= 15 is 0 Å². The third-order valence-corrected chi connectivity index (χ3v) is 4.53. The average molecular weight is 348 g/mol. The number of nitrogens with zero attached hydrogens (tertiary/aromatic N) is 2. The third kappa shape index (κ3) is 4.71. The summed E-state index contributed by atoms with van der Waals surface area (Å²) >= 11 is 0. The first-order valence-corrected chi connectivity index (χ1v) is 8.95. The monoisotopic (exact) mass is 348 g/mol. The highest BCUT2D eigenvalue weighted by Crippen LogP contribution is 2.30. The zero-order chi connectivity index (χ0) is 18.0. The van der Waals surface area contributed by atoms with Gasteiger partial charge in [-0.1, -0.05) is 30.3 Å². The van der Waals surface area contributed by atoms with E-state index in [9.17, 15) is 9.90 Å². The molecule has 2 heterocycles. The second-order valence-corrected chi connectivity index (χ2v) is 7.87. The van der Waals surface area contributed by atoms with Crippen molar-refractivity contribution in [3.05, 3.63) is 35.9 Å². The van der Waals surface area contributed by atoms with Crippen molar-refractivity contribution in [3.63, 3.8) is 0 Å². The van der Waals surface area contributed by atoms with Crippen molar-refractivity contribution >= 4 is 6.09 Å². The maximum Gasteiger partial charge on any atom is 0.410 e. The minimum atomic E-state index is -0.551. The lowest BCUT2D eigenvalue weighted by Gasteiger charge is -2.31. The van der Waals surface area contributed by atoms with Crippen molar-refractivity contribution in [2.75, 3.05) is 13.1 Å². The van der Waals surface area contributed by atoms with Gasteiger partial charge in [0.25, 0.3) is 0 Å². The first kappa shape index (κ1) is 18.2. The molecule has 6 heteroatoms. The van der Waals surface area contributed by atoms with E-state index in [-0.39, 0.29) is 18.2 Å². The second-order valence-electron chi connectivity index (χ2n) is 7.87. The lowest BCUT2D eigenvalue weighted by Crippen LogP contribution is -2.45. The Kier molecular flexibility index (Phi) is 5.32. The summed E-state index contributed by atoms with van der Waals surface area (Å²) in [5.74, 6) is 0. The molecular weight excluding hydrogens is 320 g/mol. The first-order valence-electron chi connectivity index (χ1n) is 8.95. The molecule has 2 fully saturated rings. The summed E-state index contributed by atoms with van der Waals surface area (Å²) in [6, 6.07) is 10.0. The molecule has 2 aliphatic rings. The van der Waals surface area contributed by atoms with Crippen LogP contribution in [0.3, 0.4) is 0 Å². The molecule has 3 atom stereocenters. The van der Waals surface area contributed by atoms with Crippen LogP contribution < -0.4 is 0 Å². The molecule has 0 aliphatic carbocycles. The summed E-state index contributed by atoms with van der Waals surface area (Å²) in [5.41, 5.74) is 0.643. The number of hydrogen-bond acceptors (Lipinski definition) is 5. The van der Waals surface area contributed by atoms with Gasteiger partial charge in [-0.05, 0) is 39.2 Å². The number of likely N-dealkylation sites (tertiary alicyclic amines) is 1. The molecule has 138 valence electrons. The molecule has 1 aromatic carbocycles. The van der Waals surface area contributed by atoms with E-state index in [1.807, 2.05) is 44.0 Å². The third-order valence-electron chi connectivity index (χ3n) is 4.53. The fourth-order valence-corrected chi connectivity index (χ4v) is 3.46. The number of amides is 1. The Morgan fingerprint density at radius 3 is 2.72 bits per heavy atom. The minimum absolute atomic E-state index is 0.103. The zero-order valence-electron chi connectivity index (χ0n) is 15.2. The van der Waals surface area contributed by atoms with Gasteiger partial charge in [0, 0.05) is 13.1 Å². The van der Waals surface area contributed by atoms with Crippen molar-refractivity contribution in [2.45, 2.75) is 64.0 Å². The van der Waals surface area contributed by atoms with E-state index in [4.69, 9.17) is 9.57 Å². The SMILES string of the molecule is CC(C)(C)OC(=O)N1C[C@H](O)C[C@H]1[C@@H]1CCN(Cc2ccccc2)O1. The fourth-order valence-electron chi connectivity index (χ4n) is 3.46. The number of aliphatic hydroxyl groups excluding tert-OH is 1. The molecule has 2 saturated heterocycles. The summed E-state index contributed by atoms with van der Waals surface area (Å²) in [6.07, 6.45) is 0.365. The molecule has 3 rings (SSSR count). The topological polar surface area (TPSA) is 62.2 Å². The maximum atomic E-state index is 12.5. The average Bonchev–Trinajstić information content (AvgIpc) is 3.13. The normalized spacial score (nSPS) is 27.7. The summed E-state index contributed by atoms with van der Waals surface area (Å²) < 4.78 is 5.49. The van der Waals surface area contributed by atoms with Crippen LogP contribution in [-0.4, -0.2) is 58.1 Å². The van der Waals surface area contributed by atoms with Crippen LogP contribution in [0.1, 0.15) is 39.2 Å². The highest BCUT2D eigenvalue weighted by molar-refractivity contribution is 5.69. The van der Waals surface area contributed by atoms with Gasteiger partial charge >= 0.3 is 6.09 Å². The molecule has 1 aromatic rings. The Bertz CT molecular complexity index is 587. The number of rotatable bonds is 3. The van der Waals surface area contributed by atoms with Crippen molar-refractivity contribution in [1.29, 1.82) is 0 Å². The Labute approximate surface area is 149 Å². The lowest BCUT2D eigenvalue weighted by atomic mass is 10.1. The molecule has 0 saturated carbocycles. The Hall–Kier alpha value is -1.63. The first-order chi connectivity index (χ1) is 11.8. The number of ether oxygens (including phenoxy) is 1. The summed E-state index contributed by atoms with van der Waals surface area (Å²) in [5, 5.41) is 12.0. The lowest BCUT2D eigenvalue weighted by molar-refractivity contribution is -0.166. The molecule has 1 N–H and O–H groups in total. The Balaban J connectivity index is 1.61. The molecule has 0 aromatic heterocycles. The van der Waals surface area contributed by atoms with Gasteiger partial charge in [-0.3, -0.25) is 9.74 Å². The van der Waals surface area contributed by atoms with Crippen molar-refractivity contribution in [1.82, 2.24) is 9.96 Å². The van der Waals surface area contributed by atoms with E-state index in [0.717, 1.165) is 19.5 Å². The van der Waals surface area contributed by atoms with E-state index in [0.29, 0.717) is 13.0 Å². The molecule has 0 bridgehead atoms. The van der Waals surface area contributed by atoms with Gasteiger partial charge in [0.1, 0.15) is 11.7 Å². The number of hydrogen-bond donors (Lipinski definition) is 1. The highest BCUT2D eigenvalue weighted by atomic mass is 16.7. The Morgan fingerprint density at radius 1 is 1.32 bits per heavy atom. The van der Waals surface area contributed by atoms with Crippen LogP contribution in [-0.2, 0) is 16.1 Å². The number of β-amino-alcohol motifs (C(OH)–C–C–N with tert-alkyl or cyclic N) is 1. The van der Waals surface area contributed by atoms with Crippen molar-refractivity contribution in [2.24, 2.45) is 0 Å². The van der Waals surface area contributed by atoms with E-state index in [1.165, 1.54) is 5.56 Å². The van der Waals surface area contributed by atoms with E-state index < -0.39 is 11.7 Å². The summed E-state index contributed by atoms with van der Waals surface area (Å²) in [4.78, 5) is 20.2. The quantitative estimate of drug-likeness (QED) is 0.910. The van der Waals surface area contributed by atoms with Crippen LogP contribution in [0.15, 0.2) is 30.3 Å². The van der Waals surface area contributed by atoms with Crippen LogP contribution in [0.2, 0.25) is 0 Å². The van der Waals surface area contributed by atoms with Gasteiger partial charge in [0.05, 0.1) is 18.7 Å². The number of hydroxylamine groups is 2. The molecule has 0 unspecified atom stereocenters. The van der Waals surface area contributed by atoms with Crippen molar-refractivity contribution < 1.29 is 19.5 Å². The summed E-state index contributed by atoms with van der Waals surface area (Å²) in [6.45, 7) is 7.38. The predicted octanol–water partition coefficient (Wildman–Crippen LogP) is 2.56. The van der Waals surface area contributed by atoms with Gasteiger partial charge in [0.2, 0.25) is 0 Å². The number of aliphatic hydroxyl groups is 1. The van der Waals surface area contributed by atoms with E-state index in [1.54, 1.807) is 4.90 Å². The highest BCUT2D eigenvalue weighted by Gasteiger charge is 2.44. The fraction of sp³-hybridized carbons (Fsp3) is 0.632. The summed E-state index contributed by atoms with van der Waals surface area (Å²) in [7, 11) is 0. The van der Waals surface area contributed by atoms with Gasteiger partial charge in [-0.2, -0.15) is 5.06 Å². The van der Waals surface area contributed by atoms with Crippen LogP contribution in [0.4, 0.5) is 4.79 Å². The molecular formula is C19H28N2O4. The van der Waals surface area contributed by atoms with Crippen LogP contribution in [0.5, 0.6) is 0 Å². The van der Waals surface area contributed by atoms with Gasteiger partial charge in [0.15, 0.2) is 0 Å². The predicted molar refractivity (Wildman–Crippen MR) is 93.7 cm³/mol. The minimum Gasteiger partial charge on any atom is -0.444 e. The van der Waals surface area contributed by atoms with Crippen LogP contribution in [0, 0.1) is 0 Å². The molecule has 0 spiro atoms. The standard InChI is InChI=1S/C19H28N2O4/c1-19(2,3)24-18(23)21-13-15(22)11-16(21)17-9-10-20(25-17)12-14-7-5-4-6-8-14/h4-8,15-17,22H,9-13H2,1-3H3/t15-,16+,17+/m1/s1. The molecule has 1 amide bonds. The van der Waals surface area contributed by atoms with Gasteiger partial charge in [-0.25, -0.2) is 4.79 Å². The molecule has 2 aliphatic heterocycles. The van der Waals surface area contributed by atoms with Crippen LogP contribution in [0.25, 0.3) is 0 Å². The largest absolute Gasteiger partial charge is 0.444 e. The number of carbonyl (C=O) groups is 1. The van der Waals surface area contributed by atoms with Gasteiger partial charge < -0.3 is 9.84 Å². The number of carbonyl (C=O) groups excluding carboxylic acids is 1. The molecule has 25 heavy (non-hydrogen) atoms. The number of benzene rings is 1. The van der Waals surface area contributed by atoms with Gasteiger partial charge in [-0.15, -0.1) is 0 Å².